The third-order valence-corrected chi connectivity index (χ3v) is 4.75. The number of nitrogens with one attached hydrogen (secondary N) is 1. The monoisotopic (exact) mass is 443 g/mol. The number of hydrogen-bond acceptors (Lipinski definition) is 8. The van der Waals surface area contributed by atoms with Gasteiger partial charge in [0.25, 0.3) is 0 Å². The number of aromatic nitrogens is 5. The molecule has 0 amide bonds. The predicted octanol–water partition coefficient (Wildman–Crippen LogP) is 3.66. The van der Waals surface area contributed by atoms with E-state index in [1.54, 1.807) is 23.1 Å². The van der Waals surface area contributed by atoms with Crippen LogP contribution in [0.1, 0.15) is 0 Å². The molecule has 4 aromatic rings. The van der Waals surface area contributed by atoms with E-state index in [4.69, 9.17) is 4.74 Å². The van der Waals surface area contributed by atoms with Crippen LogP contribution in [-0.2, 0) is 0 Å². The number of hydrogen-bond donors (Lipinski definition) is 1. The molecule has 5 rings (SSSR count). The summed E-state index contributed by atoms with van der Waals surface area (Å²) in [5, 5.41) is 7.32. The van der Waals surface area contributed by atoms with Crippen molar-refractivity contribution in [3.63, 3.8) is 0 Å². The summed E-state index contributed by atoms with van der Waals surface area (Å²) in [6, 6.07) is 7.14. The molecule has 1 N–H and O–H groups in total. The van der Waals surface area contributed by atoms with Crippen molar-refractivity contribution in [2.75, 3.05) is 30.4 Å². The van der Waals surface area contributed by atoms with Crippen molar-refractivity contribution in [2.24, 2.45) is 0 Å². The molecule has 3 aromatic heterocycles. The van der Waals surface area contributed by atoms with Crippen LogP contribution in [0.25, 0.3) is 16.9 Å². The van der Waals surface area contributed by atoms with E-state index in [9.17, 15) is 13.2 Å². The highest BCUT2D eigenvalue weighted by Crippen LogP contribution is 2.33. The summed E-state index contributed by atoms with van der Waals surface area (Å²) in [5.74, 6) is 1.36. The van der Waals surface area contributed by atoms with Gasteiger partial charge in [-0.1, -0.05) is 0 Å². The highest BCUT2D eigenvalue weighted by molar-refractivity contribution is 5.76. The molecule has 1 aromatic carbocycles. The second-order valence-corrected chi connectivity index (χ2v) is 6.99. The van der Waals surface area contributed by atoms with Crippen LogP contribution in [0.2, 0.25) is 0 Å². The van der Waals surface area contributed by atoms with Crippen LogP contribution in [0.15, 0.2) is 48.9 Å². The van der Waals surface area contributed by atoms with Gasteiger partial charge in [0.15, 0.2) is 17.2 Å². The van der Waals surface area contributed by atoms with E-state index >= 15 is 0 Å². The maximum atomic E-state index is 12.3. The average molecular weight is 443 g/mol. The largest absolute Gasteiger partial charge is 0.573 e. The third-order valence-electron chi connectivity index (χ3n) is 4.75. The Morgan fingerprint density at radius 2 is 1.97 bits per heavy atom. The lowest BCUT2D eigenvalue weighted by molar-refractivity contribution is -0.274. The fourth-order valence-corrected chi connectivity index (χ4v) is 3.30. The van der Waals surface area contributed by atoms with E-state index in [0.717, 1.165) is 17.9 Å². The minimum absolute atomic E-state index is 0.255. The zero-order chi connectivity index (χ0) is 22.3. The molecular weight excluding hydrogens is 427 g/mol. The Kier molecular flexibility index (Phi) is 4.68. The van der Waals surface area contributed by atoms with Crippen LogP contribution < -0.4 is 19.7 Å². The lowest BCUT2D eigenvalue weighted by Gasteiger charge is -2.26. The van der Waals surface area contributed by atoms with Crippen LogP contribution in [0.5, 0.6) is 11.5 Å². The summed E-state index contributed by atoms with van der Waals surface area (Å²) in [5.41, 5.74) is 2.26. The second-order valence-electron chi connectivity index (χ2n) is 6.99. The smallest absolute Gasteiger partial charge is 0.488 e. The first-order chi connectivity index (χ1) is 15.4. The van der Waals surface area contributed by atoms with Crippen molar-refractivity contribution in [3.05, 3.63) is 48.9 Å². The quantitative estimate of drug-likeness (QED) is 0.511. The molecule has 0 atom stereocenters. The lowest BCUT2D eigenvalue weighted by atomic mass is 10.2. The molecule has 0 bridgehead atoms. The molecule has 32 heavy (non-hydrogen) atoms. The lowest BCUT2D eigenvalue weighted by Crippen LogP contribution is -2.29. The Morgan fingerprint density at radius 1 is 1.16 bits per heavy atom. The molecular formula is C20H16F3N7O2. The number of ether oxygens (including phenoxy) is 2. The zero-order valence-electron chi connectivity index (χ0n) is 16.7. The summed E-state index contributed by atoms with van der Waals surface area (Å²) >= 11 is 0. The number of nitrogens with zero attached hydrogens (tertiary/aromatic N) is 6. The summed E-state index contributed by atoms with van der Waals surface area (Å²) in [6.45, 7) is 1.33. The Bertz CT molecular complexity index is 1270. The number of fused-ring (bicyclic) bond motifs is 2. The standard InChI is InChI=1S/C20H16F3N7O2/c1-29-8-9-31-15-10-12(11-25-17(15)29)16-18-27-19(28-30(18)7-6-24-16)26-13-2-4-14(5-3-13)32-20(21,22)23/h2-7,10-11H,8-9H2,1H3,(H,26,28). The van der Waals surface area contributed by atoms with Crippen LogP contribution in [0, 0.1) is 0 Å². The topological polar surface area (TPSA) is 89.7 Å². The predicted molar refractivity (Wildman–Crippen MR) is 109 cm³/mol. The molecule has 12 heteroatoms. The van der Waals surface area contributed by atoms with Gasteiger partial charge in [-0.05, 0) is 30.3 Å². The molecule has 1 aliphatic heterocycles. The molecule has 0 aliphatic carbocycles. The number of benzene rings is 1. The van der Waals surface area contributed by atoms with Crippen molar-refractivity contribution in [2.45, 2.75) is 6.36 Å². The molecule has 4 heterocycles. The van der Waals surface area contributed by atoms with Gasteiger partial charge in [-0.3, -0.25) is 4.98 Å². The molecule has 0 unspecified atom stereocenters. The van der Waals surface area contributed by atoms with Crippen LogP contribution in [0.4, 0.5) is 30.6 Å². The number of likely N-dealkylation sites (N-methyl/N-ethyl adjacent to an activating group) is 1. The highest BCUT2D eigenvalue weighted by Gasteiger charge is 2.31. The average Bonchev–Trinajstić information content (AvgIpc) is 3.16. The first kappa shape index (κ1) is 19.8. The number of anilines is 3. The summed E-state index contributed by atoms with van der Waals surface area (Å²) in [6.07, 6.45) is 0.199. The van der Waals surface area contributed by atoms with Crippen molar-refractivity contribution in [3.8, 4) is 22.8 Å². The Balaban J connectivity index is 1.43. The molecule has 0 saturated carbocycles. The van der Waals surface area contributed by atoms with Crippen molar-refractivity contribution in [1.82, 2.24) is 24.6 Å². The zero-order valence-corrected chi connectivity index (χ0v) is 16.7. The SMILES string of the molecule is CN1CCOc2cc(-c3nccn4nc(Nc5ccc(OC(F)(F)F)cc5)nc34)cnc21. The number of pyridine rings is 1. The number of alkyl halides is 3. The van der Waals surface area contributed by atoms with Gasteiger partial charge in [0, 0.05) is 36.9 Å². The summed E-state index contributed by atoms with van der Waals surface area (Å²) < 4.78 is 48.1. The fraction of sp³-hybridized carbons (Fsp3) is 0.200. The first-order valence-electron chi connectivity index (χ1n) is 9.54. The molecule has 0 radical (unpaired) electrons. The van der Waals surface area contributed by atoms with E-state index in [0.29, 0.717) is 29.4 Å². The van der Waals surface area contributed by atoms with Gasteiger partial charge < -0.3 is 19.7 Å². The molecule has 9 nitrogen and oxygen atoms in total. The maximum Gasteiger partial charge on any atom is 0.573 e. The Labute approximate surface area is 179 Å². The van der Waals surface area contributed by atoms with Crippen molar-refractivity contribution in [1.29, 1.82) is 0 Å². The molecule has 0 fully saturated rings. The number of rotatable bonds is 4. The molecule has 164 valence electrons. The molecule has 0 saturated heterocycles. The van der Waals surface area contributed by atoms with Gasteiger partial charge in [-0.25, -0.2) is 9.50 Å². The number of halogens is 3. The van der Waals surface area contributed by atoms with E-state index in [1.165, 1.54) is 24.3 Å². The van der Waals surface area contributed by atoms with Gasteiger partial charge >= 0.3 is 6.36 Å². The van der Waals surface area contributed by atoms with Gasteiger partial charge in [-0.2, -0.15) is 4.98 Å². The van der Waals surface area contributed by atoms with E-state index < -0.39 is 6.36 Å². The third kappa shape index (κ3) is 3.94. The van der Waals surface area contributed by atoms with E-state index in [2.05, 4.69) is 30.1 Å². The van der Waals surface area contributed by atoms with Crippen LogP contribution >= 0.6 is 0 Å². The second kappa shape index (κ2) is 7.55. The Hall–Kier alpha value is -4.09. The summed E-state index contributed by atoms with van der Waals surface area (Å²) in [7, 11) is 1.95. The van der Waals surface area contributed by atoms with Crippen molar-refractivity contribution < 1.29 is 22.6 Å². The molecule has 1 aliphatic rings. The maximum absolute atomic E-state index is 12.3. The van der Waals surface area contributed by atoms with E-state index in [-0.39, 0.29) is 11.7 Å². The first-order valence-corrected chi connectivity index (χ1v) is 9.54. The summed E-state index contributed by atoms with van der Waals surface area (Å²) in [4.78, 5) is 15.4. The Morgan fingerprint density at radius 3 is 2.75 bits per heavy atom. The van der Waals surface area contributed by atoms with Crippen molar-refractivity contribution >= 4 is 23.1 Å². The fourth-order valence-electron chi connectivity index (χ4n) is 3.30. The van der Waals surface area contributed by atoms with Gasteiger partial charge in [0.1, 0.15) is 18.1 Å². The van der Waals surface area contributed by atoms with Gasteiger partial charge in [0.2, 0.25) is 5.95 Å². The van der Waals surface area contributed by atoms with Crippen LogP contribution in [0.3, 0.4) is 0 Å². The van der Waals surface area contributed by atoms with Crippen LogP contribution in [-0.4, -0.2) is 51.1 Å². The van der Waals surface area contributed by atoms with Gasteiger partial charge in [-0.15, -0.1) is 18.3 Å². The molecule has 0 spiro atoms. The van der Waals surface area contributed by atoms with E-state index in [1.807, 2.05) is 18.0 Å². The minimum atomic E-state index is -4.74. The normalized spacial score (nSPS) is 13.6. The van der Waals surface area contributed by atoms with Gasteiger partial charge in [0.05, 0.1) is 6.54 Å². The highest BCUT2D eigenvalue weighted by atomic mass is 19.4. The minimum Gasteiger partial charge on any atom is -0.488 e.